The van der Waals surface area contributed by atoms with Crippen LogP contribution in [-0.2, 0) is 27.5 Å². The fourth-order valence-electron chi connectivity index (χ4n) is 5.14. The molecule has 252 valence electrons. The van der Waals surface area contributed by atoms with Crippen molar-refractivity contribution >= 4 is 33.3 Å². The van der Waals surface area contributed by atoms with Crippen molar-refractivity contribution in [2.75, 3.05) is 69.5 Å². The normalized spacial score (nSPS) is 14.3. The average Bonchev–Trinajstić information content (AvgIpc) is 3.42. The van der Waals surface area contributed by atoms with E-state index in [9.17, 15) is 26.4 Å². The van der Waals surface area contributed by atoms with Crippen LogP contribution in [0.5, 0.6) is 5.75 Å². The van der Waals surface area contributed by atoms with E-state index in [1.165, 1.54) is 27.2 Å². The number of aromatic nitrogens is 4. The number of para-hydroxylation sites is 1. The topological polar surface area (TPSA) is 134 Å². The third-order valence-electron chi connectivity index (χ3n) is 7.45. The molecule has 1 fully saturated rings. The number of pyridine rings is 1. The number of morpholine rings is 1. The number of hydrogen-bond donors (Lipinski definition) is 1. The number of halogens is 3. The van der Waals surface area contributed by atoms with Gasteiger partial charge >= 0.3 is 12.3 Å². The maximum atomic E-state index is 14.4. The van der Waals surface area contributed by atoms with Gasteiger partial charge in [-0.05, 0) is 36.9 Å². The number of benzene rings is 1. The molecule has 1 aliphatic heterocycles. The van der Waals surface area contributed by atoms with Gasteiger partial charge in [0.2, 0.25) is 10.0 Å². The monoisotopic (exact) mass is 676 g/mol. The number of carbonyl (C=O) groups excluding carboxylic acids is 1. The molecule has 0 saturated carbocycles. The summed E-state index contributed by atoms with van der Waals surface area (Å²) in [7, 11) is -1.48. The van der Waals surface area contributed by atoms with E-state index in [1.54, 1.807) is 31.3 Å². The molecule has 4 aromatic rings. The number of rotatable bonds is 11. The highest BCUT2D eigenvalue weighted by Crippen LogP contribution is 2.38. The molecular weight excluding hydrogens is 641 g/mol. The predicted octanol–water partition coefficient (Wildman–Crippen LogP) is 3.97. The molecule has 0 aliphatic carbocycles. The lowest BCUT2D eigenvalue weighted by molar-refractivity contribution is -0.137. The first kappa shape index (κ1) is 34.0. The summed E-state index contributed by atoms with van der Waals surface area (Å²) in [6.07, 6.45) is -1.97. The number of fused-ring (bicyclic) bond motifs is 1. The molecule has 47 heavy (non-hydrogen) atoms. The van der Waals surface area contributed by atoms with Crippen molar-refractivity contribution in [2.45, 2.75) is 19.6 Å². The van der Waals surface area contributed by atoms with Crippen LogP contribution in [0.25, 0.3) is 16.9 Å². The molecule has 4 heterocycles. The molecule has 1 aliphatic rings. The first-order valence-electron chi connectivity index (χ1n) is 14.8. The number of anilines is 2. The van der Waals surface area contributed by atoms with Gasteiger partial charge in [0.05, 0.1) is 30.6 Å². The number of sulfonamides is 1. The van der Waals surface area contributed by atoms with Gasteiger partial charge in [0.25, 0.3) is 0 Å². The SMILES string of the molecule is CCN(CCN(C)Cc1cc2c(N3CCOCC3)nc(-c3cnc(NC(=O)Oc4ccccc4)cc3C(F)(F)F)nn2c1)S(C)(=O)=O. The number of nitrogens with zero attached hydrogens (tertiary/aromatic N) is 7. The number of likely N-dealkylation sites (N-methyl/N-ethyl adjacent to an activating group) is 2. The Morgan fingerprint density at radius 3 is 2.51 bits per heavy atom. The van der Waals surface area contributed by atoms with Crippen molar-refractivity contribution in [1.29, 1.82) is 0 Å². The van der Waals surface area contributed by atoms with Crippen LogP contribution in [0.1, 0.15) is 18.1 Å². The number of amides is 1. The molecule has 0 spiro atoms. The fraction of sp³-hybridized carbons (Fsp3) is 0.400. The van der Waals surface area contributed by atoms with Gasteiger partial charge in [-0.25, -0.2) is 32.0 Å². The van der Waals surface area contributed by atoms with Gasteiger partial charge in [0, 0.05) is 51.7 Å². The smallest absolute Gasteiger partial charge is 0.410 e. The van der Waals surface area contributed by atoms with Gasteiger partial charge in [0.1, 0.15) is 17.1 Å². The zero-order chi connectivity index (χ0) is 33.8. The Kier molecular flexibility index (Phi) is 10.3. The molecule has 13 nitrogen and oxygen atoms in total. The van der Waals surface area contributed by atoms with Gasteiger partial charge < -0.3 is 19.3 Å². The number of ether oxygens (including phenoxy) is 2. The highest BCUT2D eigenvalue weighted by atomic mass is 32.2. The molecule has 1 N–H and O–H groups in total. The Bertz CT molecular complexity index is 1820. The zero-order valence-electron chi connectivity index (χ0n) is 26.1. The molecule has 0 atom stereocenters. The Balaban J connectivity index is 1.46. The summed E-state index contributed by atoms with van der Waals surface area (Å²) in [6.45, 7) is 5.11. The minimum atomic E-state index is -4.83. The highest BCUT2D eigenvalue weighted by Gasteiger charge is 2.36. The summed E-state index contributed by atoms with van der Waals surface area (Å²) in [6, 6.07) is 10.7. The summed E-state index contributed by atoms with van der Waals surface area (Å²) in [5, 5.41) is 6.70. The average molecular weight is 677 g/mol. The Morgan fingerprint density at radius 2 is 1.85 bits per heavy atom. The van der Waals surface area contributed by atoms with Crippen LogP contribution >= 0.6 is 0 Å². The van der Waals surface area contributed by atoms with Crippen LogP contribution in [0, 0.1) is 0 Å². The van der Waals surface area contributed by atoms with E-state index in [1.807, 2.05) is 22.9 Å². The summed E-state index contributed by atoms with van der Waals surface area (Å²) in [4.78, 5) is 24.9. The van der Waals surface area contributed by atoms with Gasteiger partial charge in [0.15, 0.2) is 11.6 Å². The second-order valence-electron chi connectivity index (χ2n) is 11.0. The highest BCUT2D eigenvalue weighted by molar-refractivity contribution is 7.88. The predicted molar refractivity (Wildman–Crippen MR) is 169 cm³/mol. The van der Waals surface area contributed by atoms with E-state index >= 15 is 0 Å². The lowest BCUT2D eigenvalue weighted by Crippen LogP contribution is -2.37. The quantitative estimate of drug-likeness (QED) is 0.249. The molecule has 5 rings (SSSR count). The Morgan fingerprint density at radius 1 is 1.13 bits per heavy atom. The molecule has 17 heteroatoms. The van der Waals surface area contributed by atoms with Crippen molar-refractivity contribution in [2.24, 2.45) is 0 Å². The minimum Gasteiger partial charge on any atom is -0.410 e. The second kappa shape index (κ2) is 14.2. The van der Waals surface area contributed by atoms with Crippen molar-refractivity contribution in [3.8, 4) is 17.1 Å². The Hall–Kier alpha value is -4.32. The van der Waals surface area contributed by atoms with Crippen LogP contribution < -0.4 is 15.0 Å². The minimum absolute atomic E-state index is 0.209. The van der Waals surface area contributed by atoms with Crippen molar-refractivity contribution in [1.82, 2.24) is 28.8 Å². The van der Waals surface area contributed by atoms with Gasteiger partial charge in [-0.15, -0.1) is 5.10 Å². The largest absolute Gasteiger partial charge is 0.418 e. The molecular formula is C30H35F3N8O5S. The van der Waals surface area contributed by atoms with Crippen molar-refractivity contribution in [3.05, 3.63) is 66.0 Å². The van der Waals surface area contributed by atoms with Crippen LogP contribution in [0.3, 0.4) is 0 Å². The van der Waals surface area contributed by atoms with Crippen LogP contribution in [0.15, 0.2) is 54.9 Å². The van der Waals surface area contributed by atoms with E-state index < -0.39 is 27.9 Å². The van der Waals surface area contributed by atoms with Crippen LogP contribution in [0.4, 0.5) is 29.6 Å². The first-order chi connectivity index (χ1) is 22.3. The van der Waals surface area contributed by atoms with Crippen LogP contribution in [-0.4, -0.2) is 103 Å². The van der Waals surface area contributed by atoms with Crippen molar-refractivity contribution < 1.29 is 35.9 Å². The summed E-state index contributed by atoms with van der Waals surface area (Å²) in [5.41, 5.74) is -0.0627. The van der Waals surface area contributed by atoms with Crippen LogP contribution in [0.2, 0.25) is 0 Å². The van der Waals surface area contributed by atoms with E-state index in [0.717, 1.165) is 17.8 Å². The van der Waals surface area contributed by atoms with Gasteiger partial charge in [-0.2, -0.15) is 13.2 Å². The lowest BCUT2D eigenvalue weighted by Gasteiger charge is -2.28. The molecule has 0 radical (unpaired) electrons. The molecule has 1 aromatic carbocycles. The summed E-state index contributed by atoms with van der Waals surface area (Å²) in [5.74, 6) is 0.0760. The first-order valence-corrected chi connectivity index (χ1v) is 16.6. The molecule has 3 aromatic heterocycles. The van der Waals surface area contributed by atoms with E-state index in [0.29, 0.717) is 63.8 Å². The standard InChI is InChI=1S/C30H35F3N8O5S/c1-4-40(47(3,43)44)11-10-38(2)19-21-16-25-28(39-12-14-45-15-13-39)36-27(37-41(25)20-21)23-18-34-26(17-24(23)30(31,32)33)35-29(42)46-22-8-6-5-7-9-22/h5-9,16-18,20H,4,10-15,19H2,1-3H3,(H,34,35,42). The number of nitrogens with one attached hydrogen (secondary N) is 1. The van der Waals surface area contributed by atoms with E-state index in [2.05, 4.69) is 20.4 Å². The third kappa shape index (κ3) is 8.54. The summed E-state index contributed by atoms with van der Waals surface area (Å²) >= 11 is 0. The molecule has 1 amide bonds. The molecule has 0 bridgehead atoms. The fourth-order valence-corrected chi connectivity index (χ4v) is 6.02. The molecule has 0 unspecified atom stereocenters. The number of carbonyl (C=O) groups is 1. The maximum absolute atomic E-state index is 14.4. The van der Waals surface area contributed by atoms with E-state index in [4.69, 9.17) is 9.47 Å². The van der Waals surface area contributed by atoms with Gasteiger partial charge in [-0.3, -0.25) is 5.32 Å². The number of hydrogen-bond acceptors (Lipinski definition) is 10. The Labute approximate surface area is 270 Å². The summed E-state index contributed by atoms with van der Waals surface area (Å²) < 4.78 is 80.8. The number of alkyl halides is 3. The molecule has 1 saturated heterocycles. The second-order valence-corrected chi connectivity index (χ2v) is 13.0. The van der Waals surface area contributed by atoms with Crippen molar-refractivity contribution in [3.63, 3.8) is 0 Å². The maximum Gasteiger partial charge on any atom is 0.418 e. The lowest BCUT2D eigenvalue weighted by atomic mass is 10.1. The third-order valence-corrected chi connectivity index (χ3v) is 8.83. The van der Waals surface area contributed by atoms with E-state index in [-0.39, 0.29) is 23.0 Å². The zero-order valence-corrected chi connectivity index (χ0v) is 26.9. The van der Waals surface area contributed by atoms with Gasteiger partial charge in [-0.1, -0.05) is 25.1 Å².